The third-order valence-electron chi connectivity index (χ3n) is 4.35. The Morgan fingerprint density at radius 2 is 1.91 bits per heavy atom. The van der Waals surface area contributed by atoms with Crippen molar-refractivity contribution in [2.75, 3.05) is 18.9 Å². The van der Waals surface area contributed by atoms with Crippen LogP contribution in [0.15, 0.2) is 30.3 Å². The van der Waals surface area contributed by atoms with Crippen molar-refractivity contribution in [1.82, 2.24) is 10.6 Å². The summed E-state index contributed by atoms with van der Waals surface area (Å²) in [6.45, 7) is 0.711. The Labute approximate surface area is 143 Å². The number of nitrogens with one attached hydrogen (secondary N) is 2. The Morgan fingerprint density at radius 1 is 1.17 bits per heavy atom. The summed E-state index contributed by atoms with van der Waals surface area (Å²) >= 11 is 1.89. The van der Waals surface area contributed by atoms with Crippen molar-refractivity contribution >= 4 is 17.8 Å². The van der Waals surface area contributed by atoms with E-state index in [1.165, 1.54) is 12.0 Å². The van der Waals surface area contributed by atoms with Gasteiger partial charge in [0.15, 0.2) is 0 Å². The first kappa shape index (κ1) is 18.1. The van der Waals surface area contributed by atoms with Crippen LogP contribution in [0.4, 0.5) is 4.79 Å². The van der Waals surface area contributed by atoms with Gasteiger partial charge in [-0.05, 0) is 30.6 Å². The van der Waals surface area contributed by atoms with Crippen molar-refractivity contribution in [1.29, 1.82) is 0 Å². The molecule has 2 amide bonds. The van der Waals surface area contributed by atoms with Gasteiger partial charge in [0.25, 0.3) is 0 Å². The van der Waals surface area contributed by atoms with E-state index in [9.17, 15) is 9.90 Å². The maximum atomic E-state index is 12.0. The third kappa shape index (κ3) is 6.43. The highest BCUT2D eigenvalue weighted by molar-refractivity contribution is 7.98. The number of urea groups is 1. The molecule has 1 aromatic carbocycles. The highest BCUT2D eigenvalue weighted by atomic mass is 32.2. The van der Waals surface area contributed by atoms with Crippen LogP contribution in [0.5, 0.6) is 0 Å². The molecule has 1 saturated carbocycles. The second-order valence-corrected chi connectivity index (χ2v) is 7.38. The zero-order valence-electron chi connectivity index (χ0n) is 13.7. The number of amides is 2. The number of aliphatic hydroxyl groups excluding tert-OH is 1. The minimum atomic E-state index is -0.398. The summed E-state index contributed by atoms with van der Waals surface area (Å²) in [7, 11) is 0. The molecule has 0 unspecified atom stereocenters. The minimum absolute atomic E-state index is 0.0351. The zero-order valence-corrected chi connectivity index (χ0v) is 14.5. The predicted molar refractivity (Wildman–Crippen MR) is 96.7 cm³/mol. The first-order valence-corrected chi connectivity index (χ1v) is 9.68. The average Bonchev–Trinajstić information content (AvgIpc) is 2.59. The molecular weight excluding hydrogens is 308 g/mol. The van der Waals surface area contributed by atoms with E-state index in [1.807, 2.05) is 17.8 Å². The van der Waals surface area contributed by atoms with E-state index in [0.29, 0.717) is 6.54 Å². The van der Waals surface area contributed by atoms with Crippen molar-refractivity contribution in [3.05, 3.63) is 35.9 Å². The fourth-order valence-electron chi connectivity index (χ4n) is 2.98. The summed E-state index contributed by atoms with van der Waals surface area (Å²) < 4.78 is 0. The number of carbonyl (C=O) groups is 1. The van der Waals surface area contributed by atoms with E-state index in [4.69, 9.17) is 0 Å². The lowest BCUT2D eigenvalue weighted by molar-refractivity contribution is 0.125. The molecule has 5 heteroatoms. The maximum absolute atomic E-state index is 12.0. The van der Waals surface area contributed by atoms with E-state index in [2.05, 4.69) is 34.9 Å². The Balaban J connectivity index is 1.56. The lowest BCUT2D eigenvalue weighted by Gasteiger charge is -2.36. The molecule has 23 heavy (non-hydrogen) atoms. The molecule has 0 aromatic heterocycles. The van der Waals surface area contributed by atoms with Gasteiger partial charge in [-0.25, -0.2) is 4.79 Å². The monoisotopic (exact) mass is 336 g/mol. The van der Waals surface area contributed by atoms with Gasteiger partial charge < -0.3 is 15.7 Å². The fourth-order valence-corrected chi connectivity index (χ4v) is 3.90. The molecule has 0 saturated heterocycles. The van der Waals surface area contributed by atoms with Crippen LogP contribution >= 0.6 is 11.8 Å². The first-order chi connectivity index (χ1) is 11.2. The van der Waals surface area contributed by atoms with Crippen LogP contribution in [0.1, 0.15) is 44.1 Å². The minimum Gasteiger partial charge on any atom is -0.394 e. The topological polar surface area (TPSA) is 61.4 Å². The van der Waals surface area contributed by atoms with Crippen LogP contribution in [0.25, 0.3) is 0 Å². The molecule has 0 radical (unpaired) electrons. The molecule has 1 fully saturated rings. The van der Waals surface area contributed by atoms with Gasteiger partial charge in [0.05, 0.1) is 12.1 Å². The molecule has 1 aromatic rings. The van der Waals surface area contributed by atoms with Gasteiger partial charge in [0.1, 0.15) is 0 Å². The fraction of sp³-hybridized carbons (Fsp3) is 0.611. The van der Waals surface area contributed by atoms with Gasteiger partial charge in [-0.1, -0.05) is 49.6 Å². The summed E-state index contributed by atoms with van der Waals surface area (Å²) in [5.41, 5.74) is 0.940. The zero-order chi connectivity index (χ0) is 16.4. The van der Waals surface area contributed by atoms with Gasteiger partial charge in [-0.2, -0.15) is 11.8 Å². The molecule has 0 heterocycles. The number of rotatable bonds is 8. The highest BCUT2D eigenvalue weighted by Gasteiger charge is 2.32. The van der Waals surface area contributed by atoms with Crippen molar-refractivity contribution in [2.45, 2.75) is 49.8 Å². The quantitative estimate of drug-likeness (QED) is 0.638. The van der Waals surface area contributed by atoms with Crippen LogP contribution in [0.3, 0.4) is 0 Å². The molecule has 2 rings (SSSR count). The smallest absolute Gasteiger partial charge is 0.315 e. The molecule has 1 aliphatic rings. The van der Waals surface area contributed by atoms with Crippen molar-refractivity contribution < 1.29 is 9.90 Å². The highest BCUT2D eigenvalue weighted by Crippen LogP contribution is 2.27. The van der Waals surface area contributed by atoms with Gasteiger partial charge in [-0.3, -0.25) is 0 Å². The van der Waals surface area contributed by atoms with E-state index in [0.717, 1.165) is 43.6 Å². The van der Waals surface area contributed by atoms with Gasteiger partial charge in [-0.15, -0.1) is 0 Å². The van der Waals surface area contributed by atoms with Crippen LogP contribution < -0.4 is 10.6 Å². The van der Waals surface area contributed by atoms with Crippen LogP contribution in [-0.4, -0.2) is 35.6 Å². The van der Waals surface area contributed by atoms with Gasteiger partial charge >= 0.3 is 6.03 Å². The summed E-state index contributed by atoms with van der Waals surface area (Å²) in [6, 6.07) is 10.3. The number of hydrogen-bond donors (Lipinski definition) is 3. The first-order valence-electron chi connectivity index (χ1n) is 8.53. The Kier molecular flexibility index (Phi) is 7.76. The summed E-state index contributed by atoms with van der Waals surface area (Å²) in [6.07, 6.45) is 6.07. The van der Waals surface area contributed by atoms with Gasteiger partial charge in [0, 0.05) is 12.3 Å². The molecule has 128 valence electrons. The molecule has 0 spiro atoms. The number of carbonyl (C=O) groups excluding carboxylic acids is 1. The molecule has 0 bridgehead atoms. The second-order valence-electron chi connectivity index (χ2n) is 6.27. The molecule has 1 aliphatic carbocycles. The Bertz CT molecular complexity index is 461. The van der Waals surface area contributed by atoms with Crippen molar-refractivity contribution in [3.63, 3.8) is 0 Å². The SMILES string of the molecule is O=C(NCCCSCc1ccccc1)NC1(CO)CCCCC1. The number of aliphatic hydroxyl groups is 1. The van der Waals surface area contributed by atoms with E-state index in [1.54, 1.807) is 0 Å². The lowest BCUT2D eigenvalue weighted by atomic mass is 9.82. The Morgan fingerprint density at radius 3 is 2.61 bits per heavy atom. The Hall–Kier alpha value is -1.20. The normalized spacial score (nSPS) is 16.7. The lowest BCUT2D eigenvalue weighted by Crippen LogP contribution is -2.55. The summed E-state index contributed by atoms with van der Waals surface area (Å²) in [5, 5.41) is 15.5. The average molecular weight is 337 g/mol. The van der Waals surface area contributed by atoms with E-state index < -0.39 is 5.54 Å². The van der Waals surface area contributed by atoms with Crippen LogP contribution in [-0.2, 0) is 5.75 Å². The van der Waals surface area contributed by atoms with E-state index in [-0.39, 0.29) is 12.6 Å². The second kappa shape index (κ2) is 9.83. The van der Waals surface area contributed by atoms with Crippen LogP contribution in [0.2, 0.25) is 0 Å². The molecular formula is C18H28N2O2S. The molecule has 0 aliphatic heterocycles. The van der Waals surface area contributed by atoms with E-state index >= 15 is 0 Å². The standard InChI is InChI=1S/C18H28N2O2S/c21-15-18(10-5-2-6-11-18)20-17(22)19-12-7-13-23-14-16-8-3-1-4-9-16/h1,3-4,8-9,21H,2,5-7,10-15H2,(H2,19,20,22). The molecule has 0 atom stereocenters. The molecule has 3 N–H and O–H groups in total. The third-order valence-corrected chi connectivity index (χ3v) is 5.47. The number of benzene rings is 1. The summed E-state index contributed by atoms with van der Waals surface area (Å²) in [5.74, 6) is 2.04. The van der Waals surface area contributed by atoms with Gasteiger partial charge in [0.2, 0.25) is 0 Å². The number of thioether (sulfide) groups is 1. The molecule has 4 nitrogen and oxygen atoms in total. The maximum Gasteiger partial charge on any atom is 0.315 e. The predicted octanol–water partition coefficient (Wildman–Crippen LogP) is 3.30. The van der Waals surface area contributed by atoms with Crippen LogP contribution in [0, 0.1) is 0 Å². The van der Waals surface area contributed by atoms with Crippen molar-refractivity contribution in [3.8, 4) is 0 Å². The number of hydrogen-bond acceptors (Lipinski definition) is 3. The summed E-state index contributed by atoms with van der Waals surface area (Å²) in [4.78, 5) is 12.0. The largest absolute Gasteiger partial charge is 0.394 e. The van der Waals surface area contributed by atoms with Crippen molar-refractivity contribution in [2.24, 2.45) is 0 Å².